The van der Waals surface area contributed by atoms with Crippen molar-refractivity contribution in [2.24, 2.45) is 0 Å². The molecule has 2 aromatic carbocycles. The molecule has 1 fully saturated rings. The van der Waals surface area contributed by atoms with Crippen LogP contribution < -0.4 is 10.2 Å². The Morgan fingerprint density at radius 1 is 1.20 bits per heavy atom. The highest BCUT2D eigenvalue weighted by Crippen LogP contribution is 2.35. The molecule has 0 spiro atoms. The fourth-order valence-corrected chi connectivity index (χ4v) is 5.26. The lowest BCUT2D eigenvalue weighted by Crippen LogP contribution is -2.56. The Hall–Kier alpha value is -2.28. The van der Waals surface area contributed by atoms with Crippen LogP contribution >= 0.6 is 11.8 Å². The molecule has 2 N–H and O–H groups in total. The average Bonchev–Trinajstić information content (AvgIpc) is 2.95. The van der Waals surface area contributed by atoms with Gasteiger partial charge in [0, 0.05) is 47.5 Å². The maximum Gasteiger partial charge on any atom is 0.131 e. The Morgan fingerprint density at radius 3 is 2.87 bits per heavy atom. The van der Waals surface area contributed by atoms with Gasteiger partial charge in [-0.05, 0) is 37.1 Å². The number of aryl methyl sites for hydroxylation is 1. The summed E-state index contributed by atoms with van der Waals surface area (Å²) >= 11 is 1.92. The maximum absolute atomic E-state index is 9.57. The topological polar surface area (TPSA) is 57.6 Å². The van der Waals surface area contributed by atoms with Crippen LogP contribution in [0.1, 0.15) is 17.5 Å². The summed E-state index contributed by atoms with van der Waals surface area (Å²) in [6, 6.07) is 17.2. The van der Waals surface area contributed by atoms with Crippen molar-refractivity contribution in [2.75, 3.05) is 42.3 Å². The second-order valence-electron chi connectivity index (χ2n) is 8.30. The van der Waals surface area contributed by atoms with Crippen molar-refractivity contribution < 1.29 is 9.84 Å². The number of aliphatic hydroxyl groups is 1. The number of pyridine rings is 1. The quantitative estimate of drug-likeness (QED) is 0.643. The molecule has 0 atom stereocenters. The predicted molar refractivity (Wildman–Crippen MR) is 124 cm³/mol. The summed E-state index contributed by atoms with van der Waals surface area (Å²) in [6.45, 7) is 5.30. The van der Waals surface area contributed by atoms with Crippen molar-refractivity contribution in [3.05, 3.63) is 59.7 Å². The van der Waals surface area contributed by atoms with Crippen LogP contribution in [0.25, 0.3) is 10.9 Å². The summed E-state index contributed by atoms with van der Waals surface area (Å²) in [5.74, 6) is 2.03. The second kappa shape index (κ2) is 8.10. The van der Waals surface area contributed by atoms with Gasteiger partial charge < -0.3 is 20.1 Å². The SMILES string of the molecule is Cc1ccc2nc(N3CCSc4ccccc4C3)cc(NC3(CCO)COC3)c2c1. The number of nitrogens with zero attached hydrogens (tertiary/aromatic N) is 2. The van der Waals surface area contributed by atoms with Gasteiger partial charge in [0.2, 0.25) is 0 Å². The first-order chi connectivity index (χ1) is 14.7. The van der Waals surface area contributed by atoms with Crippen LogP contribution in [0.5, 0.6) is 0 Å². The number of anilines is 2. The van der Waals surface area contributed by atoms with Crippen LogP contribution in [0.15, 0.2) is 53.4 Å². The highest BCUT2D eigenvalue weighted by Gasteiger charge is 2.38. The van der Waals surface area contributed by atoms with Gasteiger partial charge in [-0.25, -0.2) is 4.98 Å². The molecule has 5 nitrogen and oxygen atoms in total. The molecule has 0 radical (unpaired) electrons. The number of thioether (sulfide) groups is 1. The standard InChI is InChI=1S/C24H27N3O2S/c1-17-6-7-20-19(12-17)21(26-24(8-10-28)15-29-16-24)13-23(25-20)27-9-11-30-22-5-3-2-4-18(22)14-27/h2-7,12-13,28H,8-11,14-16H2,1H3,(H,25,26). The maximum atomic E-state index is 9.57. The third-order valence-electron chi connectivity index (χ3n) is 5.97. The molecule has 0 saturated carbocycles. The molecule has 156 valence electrons. The average molecular weight is 422 g/mol. The van der Waals surface area contributed by atoms with E-state index in [9.17, 15) is 5.11 Å². The summed E-state index contributed by atoms with van der Waals surface area (Å²) in [6.07, 6.45) is 0.672. The molecule has 3 heterocycles. The van der Waals surface area contributed by atoms with Crippen LogP contribution in [0.2, 0.25) is 0 Å². The van der Waals surface area contributed by atoms with Crippen molar-refractivity contribution >= 4 is 34.2 Å². The number of benzene rings is 2. The van der Waals surface area contributed by atoms with E-state index in [1.807, 2.05) is 11.8 Å². The van der Waals surface area contributed by atoms with E-state index in [-0.39, 0.29) is 12.1 Å². The predicted octanol–water partition coefficient (Wildman–Crippen LogP) is 4.22. The van der Waals surface area contributed by atoms with E-state index >= 15 is 0 Å². The van der Waals surface area contributed by atoms with Crippen molar-refractivity contribution in [3.8, 4) is 0 Å². The summed E-state index contributed by atoms with van der Waals surface area (Å²) in [7, 11) is 0. The molecule has 0 aliphatic carbocycles. The summed E-state index contributed by atoms with van der Waals surface area (Å²) in [5, 5.41) is 14.4. The Morgan fingerprint density at radius 2 is 2.07 bits per heavy atom. The fraction of sp³-hybridized carbons (Fsp3) is 0.375. The zero-order valence-corrected chi connectivity index (χ0v) is 18.0. The Bertz CT molecular complexity index is 1070. The van der Waals surface area contributed by atoms with Gasteiger partial charge in [-0.1, -0.05) is 29.8 Å². The smallest absolute Gasteiger partial charge is 0.131 e. The van der Waals surface area contributed by atoms with Gasteiger partial charge in [-0.3, -0.25) is 0 Å². The second-order valence-corrected chi connectivity index (χ2v) is 9.43. The van der Waals surface area contributed by atoms with E-state index in [1.54, 1.807) is 0 Å². The van der Waals surface area contributed by atoms with Gasteiger partial charge in [0.1, 0.15) is 5.82 Å². The minimum Gasteiger partial charge on any atom is -0.396 e. The van der Waals surface area contributed by atoms with Crippen LogP contribution in [0, 0.1) is 6.92 Å². The minimum atomic E-state index is -0.203. The Kier molecular flexibility index (Phi) is 5.31. The lowest BCUT2D eigenvalue weighted by molar-refractivity contribution is -0.0510. The number of aliphatic hydroxyl groups excluding tert-OH is 1. The first kappa shape index (κ1) is 19.7. The first-order valence-corrected chi connectivity index (χ1v) is 11.5. The monoisotopic (exact) mass is 421 g/mol. The van der Waals surface area contributed by atoms with Crippen LogP contribution in [-0.2, 0) is 11.3 Å². The molecular formula is C24H27N3O2S. The number of hydrogen-bond donors (Lipinski definition) is 2. The van der Waals surface area contributed by atoms with E-state index in [2.05, 4.69) is 65.7 Å². The zero-order valence-electron chi connectivity index (χ0n) is 17.2. The lowest BCUT2D eigenvalue weighted by atomic mass is 9.92. The molecule has 2 aliphatic heterocycles. The highest BCUT2D eigenvalue weighted by molar-refractivity contribution is 7.99. The van der Waals surface area contributed by atoms with Crippen LogP contribution in [-0.4, -0.2) is 47.7 Å². The van der Waals surface area contributed by atoms with Gasteiger partial charge >= 0.3 is 0 Å². The van der Waals surface area contributed by atoms with Gasteiger partial charge in [-0.2, -0.15) is 0 Å². The van der Waals surface area contributed by atoms with Gasteiger partial charge in [0.25, 0.3) is 0 Å². The number of rotatable bonds is 5. The van der Waals surface area contributed by atoms with E-state index in [0.717, 1.165) is 41.3 Å². The van der Waals surface area contributed by atoms with E-state index < -0.39 is 0 Å². The molecule has 30 heavy (non-hydrogen) atoms. The van der Waals surface area contributed by atoms with E-state index in [4.69, 9.17) is 9.72 Å². The van der Waals surface area contributed by atoms with Crippen molar-refractivity contribution in [2.45, 2.75) is 30.3 Å². The van der Waals surface area contributed by atoms with Crippen molar-refractivity contribution in [3.63, 3.8) is 0 Å². The Labute approximate surface area is 181 Å². The number of nitrogens with one attached hydrogen (secondary N) is 1. The number of hydrogen-bond acceptors (Lipinski definition) is 6. The Balaban J connectivity index is 1.55. The van der Waals surface area contributed by atoms with Crippen LogP contribution in [0.4, 0.5) is 11.5 Å². The first-order valence-electron chi connectivity index (χ1n) is 10.5. The van der Waals surface area contributed by atoms with Gasteiger partial charge in [-0.15, -0.1) is 11.8 Å². The molecule has 0 bridgehead atoms. The largest absolute Gasteiger partial charge is 0.396 e. The summed E-state index contributed by atoms with van der Waals surface area (Å²) in [4.78, 5) is 8.77. The molecule has 6 heteroatoms. The summed E-state index contributed by atoms with van der Waals surface area (Å²) in [5.41, 5.74) is 4.42. The highest BCUT2D eigenvalue weighted by atomic mass is 32.2. The number of aromatic nitrogens is 1. The molecular weight excluding hydrogens is 394 g/mol. The minimum absolute atomic E-state index is 0.144. The van der Waals surface area contributed by atoms with Gasteiger partial charge in [0.05, 0.1) is 24.3 Å². The molecule has 1 aromatic heterocycles. The third kappa shape index (κ3) is 3.75. The molecule has 5 rings (SSSR count). The summed E-state index contributed by atoms with van der Waals surface area (Å²) < 4.78 is 5.50. The van der Waals surface area contributed by atoms with E-state index in [0.29, 0.717) is 19.6 Å². The van der Waals surface area contributed by atoms with Crippen molar-refractivity contribution in [1.82, 2.24) is 4.98 Å². The normalized spacial score (nSPS) is 17.9. The molecule has 3 aromatic rings. The zero-order chi connectivity index (χ0) is 20.6. The molecule has 0 unspecified atom stereocenters. The lowest BCUT2D eigenvalue weighted by Gasteiger charge is -2.43. The van der Waals surface area contributed by atoms with E-state index in [1.165, 1.54) is 16.0 Å². The molecule has 0 amide bonds. The molecule has 1 saturated heterocycles. The third-order valence-corrected chi connectivity index (χ3v) is 7.07. The van der Waals surface area contributed by atoms with Gasteiger partial charge in [0.15, 0.2) is 0 Å². The number of ether oxygens (including phenoxy) is 1. The fourth-order valence-electron chi connectivity index (χ4n) is 4.24. The van der Waals surface area contributed by atoms with Crippen LogP contribution in [0.3, 0.4) is 0 Å². The number of fused-ring (bicyclic) bond motifs is 2. The van der Waals surface area contributed by atoms with Crippen molar-refractivity contribution in [1.29, 1.82) is 0 Å². The molecule has 2 aliphatic rings.